The van der Waals surface area contributed by atoms with E-state index in [0.717, 1.165) is 44.5 Å². The third-order valence-electron chi connectivity index (χ3n) is 5.69. The van der Waals surface area contributed by atoms with E-state index >= 15 is 0 Å². The Bertz CT molecular complexity index is 1390. The van der Waals surface area contributed by atoms with Crippen molar-refractivity contribution in [2.24, 2.45) is 4.99 Å². The average molecular weight is 476 g/mol. The molecule has 0 fully saturated rings. The first kappa shape index (κ1) is 23.8. The predicted octanol–water partition coefficient (Wildman–Crippen LogP) is 7.09. The van der Waals surface area contributed by atoms with Gasteiger partial charge in [0.15, 0.2) is 0 Å². The summed E-state index contributed by atoms with van der Waals surface area (Å²) in [5.74, 6) is 3.71. The van der Waals surface area contributed by atoms with E-state index < -0.39 is 0 Å². The number of hydrogen-bond donors (Lipinski definition) is 0. The fraction of sp³-hybridized carbons (Fsp3) is 0.250. The van der Waals surface area contributed by atoms with E-state index in [2.05, 4.69) is 42.7 Å². The average Bonchev–Trinajstić information content (AvgIpc) is 3.05. The lowest BCUT2D eigenvalue weighted by Crippen LogP contribution is -2.01. The van der Waals surface area contributed by atoms with Gasteiger partial charge in [0.25, 0.3) is 0 Å². The molecular weight excluding hydrogens is 446 g/mol. The molecule has 5 nitrogen and oxygen atoms in total. The van der Waals surface area contributed by atoms with Crippen LogP contribution in [0.2, 0.25) is 0 Å². The van der Waals surface area contributed by atoms with Crippen LogP contribution in [0.1, 0.15) is 18.4 Å². The fourth-order valence-corrected chi connectivity index (χ4v) is 4.49. The molecule has 0 aliphatic heterocycles. The second kappa shape index (κ2) is 10.3. The molecule has 1 heterocycles. The number of furan rings is 1. The number of aryl methyl sites for hydroxylation is 2. The molecule has 0 aliphatic carbocycles. The van der Waals surface area contributed by atoms with E-state index in [1.807, 2.05) is 39.0 Å². The number of rotatable bonds is 7. The number of benzene rings is 2. The summed E-state index contributed by atoms with van der Waals surface area (Å²) >= 11 is 1.72. The summed E-state index contributed by atoms with van der Waals surface area (Å²) in [5, 5.41) is 2.63. The molecule has 6 heteroatoms. The molecule has 0 saturated heterocycles. The van der Waals surface area contributed by atoms with Crippen molar-refractivity contribution in [1.82, 2.24) is 0 Å². The van der Waals surface area contributed by atoms with Crippen LogP contribution in [0.3, 0.4) is 0 Å². The first-order chi connectivity index (χ1) is 16.5. The zero-order valence-corrected chi connectivity index (χ0v) is 21.2. The standard InChI is InChI=1S/C28H29NO4S/c1-7-32-26-15-20(19-8-11-22(34-6)12-9-19)14-24(27-17(2)33-18(3)28(26)27)29-23-13-10-21(30-4)16-25(23)31-5/h8-16H,7H2,1-6H3. The van der Waals surface area contributed by atoms with Crippen molar-refractivity contribution in [1.29, 1.82) is 0 Å². The van der Waals surface area contributed by atoms with Gasteiger partial charge in [0, 0.05) is 11.0 Å². The van der Waals surface area contributed by atoms with Crippen LogP contribution >= 0.6 is 11.8 Å². The first-order valence-corrected chi connectivity index (χ1v) is 12.3. The lowest BCUT2D eigenvalue weighted by atomic mass is 10.1. The van der Waals surface area contributed by atoms with Gasteiger partial charge in [-0.15, -0.1) is 11.8 Å². The molecule has 0 N–H and O–H groups in total. The number of methoxy groups -OCH3 is 2. The molecule has 0 radical (unpaired) electrons. The molecule has 1 aromatic heterocycles. The highest BCUT2D eigenvalue weighted by Gasteiger charge is 2.16. The summed E-state index contributed by atoms with van der Waals surface area (Å²) in [6.07, 6.45) is 2.08. The molecule has 3 aromatic carbocycles. The molecule has 0 aliphatic rings. The van der Waals surface area contributed by atoms with Crippen LogP contribution in [-0.2, 0) is 0 Å². The maximum Gasteiger partial charge on any atom is 0.148 e. The summed E-state index contributed by atoms with van der Waals surface area (Å²) in [7, 11) is 3.27. The highest BCUT2D eigenvalue weighted by Crippen LogP contribution is 2.35. The summed E-state index contributed by atoms with van der Waals surface area (Å²) < 4.78 is 23.1. The fourth-order valence-electron chi connectivity index (χ4n) is 4.08. The molecular formula is C28H29NO4S. The van der Waals surface area contributed by atoms with Crippen LogP contribution < -0.4 is 19.6 Å². The zero-order chi connectivity index (χ0) is 24.2. The monoisotopic (exact) mass is 475 g/mol. The molecule has 0 atom stereocenters. The van der Waals surface area contributed by atoms with Gasteiger partial charge in [0.2, 0.25) is 0 Å². The molecule has 0 unspecified atom stereocenters. The third kappa shape index (κ3) is 4.64. The maximum atomic E-state index is 6.11. The van der Waals surface area contributed by atoms with Crippen molar-refractivity contribution in [2.45, 2.75) is 25.7 Å². The summed E-state index contributed by atoms with van der Waals surface area (Å²) in [6.45, 7) is 6.46. The van der Waals surface area contributed by atoms with Gasteiger partial charge in [-0.2, -0.15) is 0 Å². The quantitative estimate of drug-likeness (QED) is 0.267. The highest BCUT2D eigenvalue weighted by atomic mass is 32.2. The van der Waals surface area contributed by atoms with Gasteiger partial charge in [-0.3, -0.25) is 0 Å². The van der Waals surface area contributed by atoms with Crippen molar-refractivity contribution in [2.75, 3.05) is 27.1 Å². The van der Waals surface area contributed by atoms with Crippen molar-refractivity contribution in [3.05, 3.63) is 71.5 Å². The Labute approximate surface area is 204 Å². The second-order valence-electron chi connectivity index (χ2n) is 7.77. The third-order valence-corrected chi connectivity index (χ3v) is 6.44. The second-order valence-corrected chi connectivity index (χ2v) is 8.65. The number of nitrogens with zero attached hydrogens (tertiary/aromatic N) is 1. The normalized spacial score (nSPS) is 11.6. The summed E-state index contributed by atoms with van der Waals surface area (Å²) in [4.78, 5) is 6.26. The van der Waals surface area contributed by atoms with Gasteiger partial charge in [-0.1, -0.05) is 12.1 Å². The van der Waals surface area contributed by atoms with Gasteiger partial charge in [0.1, 0.15) is 34.5 Å². The molecule has 0 amide bonds. The van der Waals surface area contributed by atoms with E-state index in [1.54, 1.807) is 26.0 Å². The largest absolute Gasteiger partial charge is 0.497 e. The number of hydrogen-bond acceptors (Lipinski definition) is 6. The topological polar surface area (TPSA) is 53.2 Å². The van der Waals surface area contributed by atoms with E-state index in [0.29, 0.717) is 23.8 Å². The lowest BCUT2D eigenvalue weighted by molar-refractivity contribution is 0.344. The van der Waals surface area contributed by atoms with Gasteiger partial charge in [0.05, 0.1) is 37.0 Å². The van der Waals surface area contributed by atoms with Crippen molar-refractivity contribution >= 4 is 28.2 Å². The minimum atomic E-state index is 0.548. The van der Waals surface area contributed by atoms with E-state index in [1.165, 1.54) is 4.90 Å². The Kier molecular flexibility index (Phi) is 7.17. The lowest BCUT2D eigenvalue weighted by Gasteiger charge is -2.06. The SMILES string of the molecule is CCOc1cc(-c2ccc(SC)cc2)cc(=Nc2ccc(OC)cc2OC)c2c(C)oc(C)c12. The minimum absolute atomic E-state index is 0.548. The van der Waals surface area contributed by atoms with E-state index in [9.17, 15) is 0 Å². The number of thioether (sulfide) groups is 1. The van der Waals surface area contributed by atoms with Crippen LogP contribution in [0.4, 0.5) is 5.69 Å². The van der Waals surface area contributed by atoms with Crippen LogP contribution in [0, 0.1) is 13.8 Å². The Balaban J connectivity index is 2.09. The summed E-state index contributed by atoms with van der Waals surface area (Å²) in [6, 6.07) is 18.3. The molecule has 0 spiro atoms. The maximum absolute atomic E-state index is 6.11. The Morgan fingerprint density at radius 2 is 1.56 bits per heavy atom. The highest BCUT2D eigenvalue weighted by molar-refractivity contribution is 7.98. The Morgan fingerprint density at radius 3 is 2.21 bits per heavy atom. The van der Waals surface area contributed by atoms with Gasteiger partial charge < -0.3 is 18.6 Å². The molecule has 4 rings (SSSR count). The first-order valence-electron chi connectivity index (χ1n) is 11.1. The smallest absolute Gasteiger partial charge is 0.148 e. The van der Waals surface area contributed by atoms with Crippen LogP contribution in [0.25, 0.3) is 21.9 Å². The van der Waals surface area contributed by atoms with Crippen molar-refractivity contribution in [3.8, 4) is 28.4 Å². The predicted molar refractivity (Wildman–Crippen MR) is 139 cm³/mol. The van der Waals surface area contributed by atoms with Crippen LogP contribution in [0.15, 0.2) is 68.9 Å². The van der Waals surface area contributed by atoms with Gasteiger partial charge in [-0.05, 0) is 74.6 Å². The zero-order valence-electron chi connectivity index (χ0n) is 20.4. The van der Waals surface area contributed by atoms with E-state index in [-0.39, 0.29) is 0 Å². The van der Waals surface area contributed by atoms with Crippen LogP contribution in [0.5, 0.6) is 17.2 Å². The van der Waals surface area contributed by atoms with E-state index in [4.69, 9.17) is 23.6 Å². The Hall–Kier alpha value is -3.38. The molecule has 176 valence electrons. The number of ether oxygens (including phenoxy) is 3. The van der Waals surface area contributed by atoms with Gasteiger partial charge >= 0.3 is 0 Å². The summed E-state index contributed by atoms with van der Waals surface area (Å²) in [5.41, 5.74) is 2.80. The minimum Gasteiger partial charge on any atom is -0.497 e. The molecule has 34 heavy (non-hydrogen) atoms. The van der Waals surface area contributed by atoms with Crippen molar-refractivity contribution in [3.63, 3.8) is 0 Å². The molecule has 4 aromatic rings. The molecule has 0 bridgehead atoms. The number of fused-ring (bicyclic) bond motifs is 1. The molecule has 0 saturated carbocycles. The van der Waals surface area contributed by atoms with Crippen LogP contribution in [-0.4, -0.2) is 27.1 Å². The van der Waals surface area contributed by atoms with Crippen molar-refractivity contribution < 1.29 is 18.6 Å². The Morgan fingerprint density at radius 1 is 0.824 bits per heavy atom. The van der Waals surface area contributed by atoms with Gasteiger partial charge in [-0.25, -0.2) is 4.99 Å².